The number of likely N-dealkylation sites (N-methyl/N-ethyl adjacent to an activating group) is 1. The van der Waals surface area contributed by atoms with Gasteiger partial charge in [0.25, 0.3) is 0 Å². The first kappa shape index (κ1) is 12.2. The van der Waals surface area contributed by atoms with Crippen LogP contribution in [0.15, 0.2) is 30.4 Å². The fourth-order valence-electron chi connectivity index (χ4n) is 1.60. The van der Waals surface area contributed by atoms with Crippen molar-refractivity contribution in [2.24, 2.45) is 0 Å². The maximum Gasteiger partial charge on any atom is 0.230 e. The van der Waals surface area contributed by atoms with Crippen LogP contribution in [0, 0.1) is 0 Å². The van der Waals surface area contributed by atoms with Crippen LogP contribution in [0.1, 0.15) is 6.92 Å². The van der Waals surface area contributed by atoms with Gasteiger partial charge in [-0.1, -0.05) is 0 Å². The monoisotopic (exact) mass is 301 g/mol. The predicted octanol–water partition coefficient (Wildman–Crippen LogP) is 1.97. The molecule has 0 amide bonds. The molecule has 0 spiro atoms. The maximum absolute atomic E-state index is 11.8. The minimum absolute atomic E-state index is 0.00213. The van der Waals surface area contributed by atoms with E-state index in [1.165, 1.54) is 12.3 Å². The molecule has 6 heteroatoms. The number of hydrogen-bond donors (Lipinski definition) is 1. The van der Waals surface area contributed by atoms with Crippen molar-refractivity contribution in [1.82, 2.24) is 0 Å². The highest BCUT2D eigenvalue weighted by Crippen LogP contribution is 2.27. The number of rotatable bonds is 4. The van der Waals surface area contributed by atoms with Gasteiger partial charge in [-0.3, -0.25) is 4.79 Å². The lowest BCUT2D eigenvalue weighted by atomic mass is 10.4. The molecular weight excluding hydrogens is 290 g/mol. The zero-order valence-electron chi connectivity index (χ0n) is 9.27. The number of aliphatic hydroxyl groups excluding tert-OH is 1. The lowest BCUT2D eigenvalue weighted by molar-refractivity contribution is 0.300. The Morgan fingerprint density at radius 3 is 2.88 bits per heavy atom. The van der Waals surface area contributed by atoms with E-state index in [2.05, 4.69) is 15.9 Å². The summed E-state index contributed by atoms with van der Waals surface area (Å²) in [5, 5.41) is 8.94. The Balaban J connectivity index is 2.55. The van der Waals surface area contributed by atoms with Crippen molar-refractivity contribution in [3.63, 3.8) is 0 Å². The molecule has 5 nitrogen and oxygen atoms in total. The zero-order valence-corrected chi connectivity index (χ0v) is 10.9. The Labute approximate surface area is 106 Å². The van der Waals surface area contributed by atoms with Crippen LogP contribution in [-0.4, -0.2) is 24.8 Å². The minimum Gasteiger partial charge on any atom is -0.456 e. The highest BCUT2D eigenvalue weighted by Gasteiger charge is 2.14. The summed E-state index contributed by atoms with van der Waals surface area (Å²) in [6.07, 6.45) is 1.42. The number of fused-ring (bicyclic) bond motifs is 1. The summed E-state index contributed by atoms with van der Waals surface area (Å²) < 4.78 is 11.3. The highest BCUT2D eigenvalue weighted by molar-refractivity contribution is 9.10. The molecule has 0 unspecified atom stereocenters. The van der Waals surface area contributed by atoms with Gasteiger partial charge in [0, 0.05) is 13.1 Å². The van der Waals surface area contributed by atoms with E-state index < -0.39 is 0 Å². The Hall–Kier alpha value is -1.27. The Morgan fingerprint density at radius 1 is 1.47 bits per heavy atom. The average Bonchev–Trinajstić information content (AvgIpc) is 2.69. The predicted molar refractivity (Wildman–Crippen MR) is 67.4 cm³/mol. The molecule has 2 heterocycles. The molecular formula is C11H12BrNO4. The van der Waals surface area contributed by atoms with Gasteiger partial charge in [-0.15, -0.1) is 0 Å². The average molecular weight is 302 g/mol. The molecule has 2 rings (SSSR count). The van der Waals surface area contributed by atoms with Crippen molar-refractivity contribution < 1.29 is 13.9 Å². The fraction of sp³-hybridized carbons (Fsp3) is 0.364. The number of furan rings is 1. The molecule has 0 saturated heterocycles. The number of halogens is 1. The molecule has 0 aliphatic rings. The second kappa shape index (κ2) is 4.93. The standard InChI is InChI=1S/C11H12BrNO4/c1-2-13(3-4-14)9-5-8(15)11-10(17-9)7(12)6-16-11/h5-6,14H,2-4H2,1H3. The Kier molecular flexibility index (Phi) is 3.54. The van der Waals surface area contributed by atoms with E-state index in [-0.39, 0.29) is 17.6 Å². The molecule has 0 bridgehead atoms. The summed E-state index contributed by atoms with van der Waals surface area (Å²) in [5.74, 6) is 0.432. The minimum atomic E-state index is -0.233. The van der Waals surface area contributed by atoms with Gasteiger partial charge >= 0.3 is 0 Å². The topological polar surface area (TPSA) is 66.8 Å². The summed E-state index contributed by atoms with van der Waals surface area (Å²) in [7, 11) is 0. The van der Waals surface area contributed by atoms with Crippen LogP contribution >= 0.6 is 15.9 Å². The normalized spacial score (nSPS) is 11.0. The second-order valence-corrected chi connectivity index (χ2v) is 4.35. The second-order valence-electron chi connectivity index (χ2n) is 3.49. The molecule has 2 aromatic rings. The molecule has 1 N–H and O–H groups in total. The zero-order chi connectivity index (χ0) is 12.4. The first-order valence-corrected chi connectivity index (χ1v) is 6.03. The number of anilines is 1. The first-order chi connectivity index (χ1) is 8.17. The van der Waals surface area contributed by atoms with Gasteiger partial charge < -0.3 is 18.8 Å². The number of hydrogen-bond acceptors (Lipinski definition) is 5. The van der Waals surface area contributed by atoms with E-state index in [4.69, 9.17) is 13.9 Å². The van der Waals surface area contributed by atoms with Crippen LogP contribution < -0.4 is 10.3 Å². The lowest BCUT2D eigenvalue weighted by Crippen LogP contribution is -2.26. The van der Waals surface area contributed by atoms with Gasteiger partial charge in [-0.25, -0.2) is 0 Å². The Morgan fingerprint density at radius 2 is 2.24 bits per heavy atom. The van der Waals surface area contributed by atoms with E-state index in [1.54, 1.807) is 4.90 Å². The van der Waals surface area contributed by atoms with Gasteiger partial charge in [-0.2, -0.15) is 0 Å². The number of nitrogens with zero attached hydrogens (tertiary/aromatic N) is 1. The van der Waals surface area contributed by atoms with Gasteiger partial charge in [-0.05, 0) is 22.9 Å². The van der Waals surface area contributed by atoms with Crippen LogP contribution in [0.5, 0.6) is 0 Å². The van der Waals surface area contributed by atoms with E-state index in [0.717, 1.165) is 0 Å². The lowest BCUT2D eigenvalue weighted by Gasteiger charge is -2.19. The number of aliphatic hydroxyl groups is 1. The van der Waals surface area contributed by atoms with Crippen molar-refractivity contribution in [2.45, 2.75) is 6.92 Å². The van der Waals surface area contributed by atoms with Crippen LogP contribution in [-0.2, 0) is 0 Å². The molecule has 92 valence electrons. The summed E-state index contributed by atoms with van der Waals surface area (Å²) >= 11 is 3.25. The van der Waals surface area contributed by atoms with Gasteiger partial charge in [0.05, 0.1) is 17.1 Å². The van der Waals surface area contributed by atoms with Crippen molar-refractivity contribution in [2.75, 3.05) is 24.6 Å². The van der Waals surface area contributed by atoms with Crippen molar-refractivity contribution in [3.05, 3.63) is 27.0 Å². The fourth-order valence-corrected chi connectivity index (χ4v) is 1.96. The van der Waals surface area contributed by atoms with Crippen LogP contribution in [0.2, 0.25) is 0 Å². The summed E-state index contributed by atoms with van der Waals surface area (Å²) in [5.41, 5.74) is 0.355. The molecule has 0 aliphatic heterocycles. The van der Waals surface area contributed by atoms with E-state index in [9.17, 15) is 4.79 Å². The quantitative estimate of drug-likeness (QED) is 0.935. The molecule has 0 radical (unpaired) electrons. The van der Waals surface area contributed by atoms with Crippen molar-refractivity contribution >= 4 is 33.0 Å². The molecule has 0 saturated carbocycles. The van der Waals surface area contributed by atoms with Gasteiger partial charge in [0.15, 0.2) is 11.5 Å². The van der Waals surface area contributed by atoms with Crippen molar-refractivity contribution in [1.29, 1.82) is 0 Å². The third-order valence-corrected chi connectivity index (χ3v) is 3.00. The Bertz CT molecular complexity index is 574. The molecule has 0 aliphatic carbocycles. The largest absolute Gasteiger partial charge is 0.456 e. The molecule has 0 atom stereocenters. The van der Waals surface area contributed by atoms with E-state index in [0.29, 0.717) is 29.0 Å². The smallest absolute Gasteiger partial charge is 0.230 e. The molecule has 0 aromatic carbocycles. The van der Waals surface area contributed by atoms with Gasteiger partial charge in [0.1, 0.15) is 6.26 Å². The van der Waals surface area contributed by atoms with Crippen LogP contribution in [0.3, 0.4) is 0 Å². The summed E-state index contributed by atoms with van der Waals surface area (Å²) in [4.78, 5) is 13.6. The van der Waals surface area contributed by atoms with E-state index in [1.807, 2.05) is 6.92 Å². The first-order valence-electron chi connectivity index (χ1n) is 5.24. The highest BCUT2D eigenvalue weighted by atomic mass is 79.9. The van der Waals surface area contributed by atoms with Crippen LogP contribution in [0.25, 0.3) is 11.2 Å². The van der Waals surface area contributed by atoms with Gasteiger partial charge in [0.2, 0.25) is 11.0 Å². The molecule has 0 fully saturated rings. The summed E-state index contributed by atoms with van der Waals surface area (Å²) in [6.45, 7) is 2.98. The van der Waals surface area contributed by atoms with E-state index >= 15 is 0 Å². The van der Waals surface area contributed by atoms with Crippen LogP contribution in [0.4, 0.5) is 5.88 Å². The third-order valence-electron chi connectivity index (χ3n) is 2.45. The third kappa shape index (κ3) is 2.23. The summed E-state index contributed by atoms with van der Waals surface area (Å²) in [6, 6.07) is 1.37. The SMILES string of the molecule is CCN(CCO)c1cc(=O)c2occ(Br)c2o1. The van der Waals surface area contributed by atoms with Crippen molar-refractivity contribution in [3.8, 4) is 0 Å². The molecule has 2 aromatic heterocycles. The molecule has 17 heavy (non-hydrogen) atoms. The maximum atomic E-state index is 11.8.